The van der Waals surface area contributed by atoms with E-state index in [-0.39, 0.29) is 23.4 Å². The SMILES string of the molecule is Cc1sc2c(c1C(=O)CN1CCC(c3noc4cc(F)ccc34)CC1)C(=O)NCCC2. The van der Waals surface area contributed by atoms with Crippen molar-refractivity contribution in [3.05, 3.63) is 50.6 Å². The second kappa shape index (κ2) is 8.16. The first-order valence-electron chi connectivity index (χ1n) is 10.7. The summed E-state index contributed by atoms with van der Waals surface area (Å²) in [6.07, 6.45) is 3.46. The third-order valence-corrected chi connectivity index (χ3v) is 7.50. The van der Waals surface area contributed by atoms with Gasteiger partial charge in [-0.2, -0.15) is 0 Å². The molecule has 4 heterocycles. The Morgan fingerprint density at radius 1 is 1.35 bits per heavy atom. The summed E-state index contributed by atoms with van der Waals surface area (Å²) in [6.45, 7) is 4.44. The van der Waals surface area contributed by atoms with E-state index in [4.69, 9.17) is 4.52 Å². The van der Waals surface area contributed by atoms with Crippen molar-refractivity contribution in [2.24, 2.45) is 0 Å². The number of aryl methyl sites for hydroxylation is 2. The zero-order chi connectivity index (χ0) is 21.5. The first-order valence-corrected chi connectivity index (χ1v) is 11.5. The molecule has 8 heteroatoms. The Kier molecular flexibility index (Phi) is 5.35. The van der Waals surface area contributed by atoms with Gasteiger partial charge in [-0.05, 0) is 57.8 Å². The molecule has 0 unspecified atom stereocenters. The van der Waals surface area contributed by atoms with Crippen molar-refractivity contribution in [2.45, 2.75) is 38.5 Å². The third kappa shape index (κ3) is 3.78. The Bertz CT molecular complexity index is 1160. The van der Waals surface area contributed by atoms with Crippen LogP contribution in [0.2, 0.25) is 0 Å². The molecule has 162 valence electrons. The van der Waals surface area contributed by atoms with E-state index in [0.717, 1.165) is 59.6 Å². The smallest absolute Gasteiger partial charge is 0.253 e. The van der Waals surface area contributed by atoms with Crippen LogP contribution in [0.3, 0.4) is 0 Å². The van der Waals surface area contributed by atoms with Gasteiger partial charge < -0.3 is 9.84 Å². The topological polar surface area (TPSA) is 75.4 Å². The molecule has 2 aliphatic rings. The molecule has 0 saturated carbocycles. The van der Waals surface area contributed by atoms with Crippen LogP contribution in [0.4, 0.5) is 4.39 Å². The Morgan fingerprint density at radius 3 is 2.97 bits per heavy atom. The van der Waals surface area contributed by atoms with Gasteiger partial charge in [0.2, 0.25) is 0 Å². The van der Waals surface area contributed by atoms with E-state index in [1.165, 1.54) is 12.1 Å². The van der Waals surface area contributed by atoms with Crippen molar-refractivity contribution in [2.75, 3.05) is 26.2 Å². The lowest BCUT2D eigenvalue weighted by Gasteiger charge is -2.30. The number of fused-ring (bicyclic) bond motifs is 2. The predicted molar refractivity (Wildman–Crippen MR) is 116 cm³/mol. The van der Waals surface area contributed by atoms with Crippen molar-refractivity contribution in [3.63, 3.8) is 0 Å². The number of aromatic nitrogens is 1. The summed E-state index contributed by atoms with van der Waals surface area (Å²) < 4.78 is 18.7. The molecule has 2 aromatic heterocycles. The minimum Gasteiger partial charge on any atom is -0.356 e. The number of benzene rings is 1. The molecule has 5 rings (SSSR count). The van der Waals surface area contributed by atoms with Crippen molar-refractivity contribution >= 4 is 34.0 Å². The molecule has 0 aliphatic carbocycles. The van der Waals surface area contributed by atoms with Crippen molar-refractivity contribution in [1.82, 2.24) is 15.4 Å². The normalized spacial score (nSPS) is 18.1. The number of amides is 1. The molecule has 31 heavy (non-hydrogen) atoms. The maximum absolute atomic E-state index is 13.4. The monoisotopic (exact) mass is 441 g/mol. The zero-order valence-corrected chi connectivity index (χ0v) is 18.2. The van der Waals surface area contributed by atoms with Crippen LogP contribution < -0.4 is 5.32 Å². The lowest BCUT2D eigenvalue weighted by atomic mass is 9.91. The quantitative estimate of drug-likeness (QED) is 0.618. The maximum atomic E-state index is 13.4. The van der Waals surface area contributed by atoms with E-state index in [2.05, 4.69) is 15.4 Å². The minimum atomic E-state index is -0.334. The number of carbonyl (C=O) groups excluding carboxylic acids is 2. The Morgan fingerprint density at radius 2 is 2.16 bits per heavy atom. The van der Waals surface area contributed by atoms with Gasteiger partial charge in [-0.25, -0.2) is 4.39 Å². The van der Waals surface area contributed by atoms with Gasteiger partial charge in [-0.1, -0.05) is 5.16 Å². The van der Waals surface area contributed by atoms with Gasteiger partial charge in [-0.15, -0.1) is 11.3 Å². The fraction of sp³-hybridized carbons (Fsp3) is 0.435. The van der Waals surface area contributed by atoms with Gasteiger partial charge in [0.15, 0.2) is 11.4 Å². The number of hydrogen-bond acceptors (Lipinski definition) is 6. The second-order valence-corrected chi connectivity index (χ2v) is 9.68. The molecule has 1 aromatic carbocycles. The van der Waals surface area contributed by atoms with Crippen LogP contribution in [0.5, 0.6) is 0 Å². The highest BCUT2D eigenvalue weighted by Gasteiger charge is 2.30. The number of nitrogens with zero attached hydrogens (tertiary/aromatic N) is 2. The molecule has 1 amide bonds. The molecule has 3 aromatic rings. The average molecular weight is 442 g/mol. The lowest BCUT2D eigenvalue weighted by Crippen LogP contribution is -2.37. The van der Waals surface area contributed by atoms with Crippen LogP contribution >= 0.6 is 11.3 Å². The first-order chi connectivity index (χ1) is 15.0. The predicted octanol–water partition coefficient (Wildman–Crippen LogP) is 4.08. The first kappa shape index (κ1) is 20.3. The number of piperidine rings is 1. The van der Waals surface area contributed by atoms with E-state index in [9.17, 15) is 14.0 Å². The molecule has 2 aliphatic heterocycles. The highest BCUT2D eigenvalue weighted by Crippen LogP contribution is 2.34. The second-order valence-electron chi connectivity index (χ2n) is 8.37. The summed E-state index contributed by atoms with van der Waals surface area (Å²) in [5.41, 5.74) is 2.54. The number of thiophene rings is 1. The molecule has 1 fully saturated rings. The molecule has 1 saturated heterocycles. The van der Waals surface area contributed by atoms with E-state index in [1.54, 1.807) is 17.4 Å². The Balaban J connectivity index is 1.27. The van der Waals surface area contributed by atoms with Crippen LogP contribution in [0.25, 0.3) is 11.0 Å². The minimum absolute atomic E-state index is 0.0212. The molecule has 0 radical (unpaired) electrons. The summed E-state index contributed by atoms with van der Waals surface area (Å²) in [7, 11) is 0. The highest BCUT2D eigenvalue weighted by atomic mass is 32.1. The number of nitrogens with one attached hydrogen (secondary N) is 1. The molecule has 0 bridgehead atoms. The summed E-state index contributed by atoms with van der Waals surface area (Å²) in [5, 5.41) is 7.97. The fourth-order valence-corrected chi connectivity index (χ4v) is 6.00. The molecular formula is C23H24FN3O3S. The number of rotatable bonds is 4. The van der Waals surface area contributed by atoms with Gasteiger partial charge in [0.1, 0.15) is 5.82 Å². The van der Waals surface area contributed by atoms with Gasteiger partial charge >= 0.3 is 0 Å². The number of Topliss-reactive ketones (excluding diaryl/α,β-unsaturated/α-hetero) is 1. The highest BCUT2D eigenvalue weighted by molar-refractivity contribution is 7.12. The Labute approximate surface area is 183 Å². The van der Waals surface area contributed by atoms with Gasteiger partial charge in [0.05, 0.1) is 17.8 Å². The van der Waals surface area contributed by atoms with Gasteiger partial charge in [0, 0.05) is 39.2 Å². The Hall–Kier alpha value is -2.58. The summed E-state index contributed by atoms with van der Waals surface area (Å²) >= 11 is 1.58. The van der Waals surface area contributed by atoms with Crippen LogP contribution in [0, 0.1) is 12.7 Å². The van der Waals surface area contributed by atoms with Crippen LogP contribution in [-0.2, 0) is 6.42 Å². The molecule has 0 spiro atoms. The van der Waals surface area contributed by atoms with Crippen molar-refractivity contribution in [1.29, 1.82) is 0 Å². The van der Waals surface area contributed by atoms with Crippen LogP contribution in [-0.4, -0.2) is 47.9 Å². The van der Waals surface area contributed by atoms with E-state index in [1.807, 2.05) is 6.92 Å². The molecular weight excluding hydrogens is 417 g/mol. The zero-order valence-electron chi connectivity index (χ0n) is 17.4. The van der Waals surface area contributed by atoms with E-state index < -0.39 is 0 Å². The van der Waals surface area contributed by atoms with Crippen molar-refractivity contribution < 1.29 is 18.5 Å². The van der Waals surface area contributed by atoms with Gasteiger partial charge in [-0.3, -0.25) is 14.5 Å². The number of likely N-dealkylation sites (tertiary alicyclic amines) is 1. The number of halogens is 1. The van der Waals surface area contributed by atoms with E-state index in [0.29, 0.717) is 29.8 Å². The molecule has 1 N–H and O–H groups in total. The average Bonchev–Trinajstić information content (AvgIpc) is 3.26. The number of hydrogen-bond donors (Lipinski definition) is 1. The van der Waals surface area contributed by atoms with E-state index >= 15 is 0 Å². The van der Waals surface area contributed by atoms with Crippen LogP contribution in [0.15, 0.2) is 22.7 Å². The number of carbonyl (C=O) groups is 2. The van der Waals surface area contributed by atoms with Crippen molar-refractivity contribution in [3.8, 4) is 0 Å². The van der Waals surface area contributed by atoms with Gasteiger partial charge in [0.25, 0.3) is 5.91 Å². The molecule has 6 nitrogen and oxygen atoms in total. The summed E-state index contributed by atoms with van der Waals surface area (Å²) in [5.74, 6) is -0.206. The lowest BCUT2D eigenvalue weighted by molar-refractivity contribution is 0.0891. The largest absolute Gasteiger partial charge is 0.356 e. The number of ketones is 1. The summed E-state index contributed by atoms with van der Waals surface area (Å²) in [6, 6.07) is 4.52. The maximum Gasteiger partial charge on any atom is 0.253 e. The van der Waals surface area contributed by atoms with Crippen LogP contribution in [0.1, 0.15) is 61.3 Å². The molecule has 0 atom stereocenters. The standard InChI is InChI=1S/C23H24FN3O3S/c1-13-20(21-19(31-13)3-2-8-25-23(21)29)17(28)12-27-9-6-14(7-10-27)22-16-5-4-15(24)11-18(16)30-26-22/h4-5,11,14H,2-3,6-10,12H2,1H3,(H,25,29). The fourth-order valence-electron chi connectivity index (χ4n) is 4.77. The summed E-state index contributed by atoms with van der Waals surface area (Å²) in [4.78, 5) is 29.8. The third-order valence-electron chi connectivity index (χ3n) is 6.33.